The summed E-state index contributed by atoms with van der Waals surface area (Å²) in [7, 11) is 1.68. The van der Waals surface area contributed by atoms with Gasteiger partial charge in [0.1, 0.15) is 0 Å². The highest BCUT2D eigenvalue weighted by atomic mass is 16.5. The number of carbonyl (C=O) groups is 2. The summed E-state index contributed by atoms with van der Waals surface area (Å²) in [6.07, 6.45) is 4.79. The highest BCUT2D eigenvalue weighted by Gasteiger charge is 2.41. The minimum atomic E-state index is -0.736. The largest absolute Gasteiger partial charge is 0.481 e. The van der Waals surface area contributed by atoms with E-state index >= 15 is 0 Å². The summed E-state index contributed by atoms with van der Waals surface area (Å²) >= 11 is 0. The predicted octanol–water partition coefficient (Wildman–Crippen LogP) is 1.84. The summed E-state index contributed by atoms with van der Waals surface area (Å²) in [6, 6.07) is -0.00104. The molecule has 0 aromatic rings. The molecule has 6 heteroatoms. The van der Waals surface area contributed by atoms with Crippen molar-refractivity contribution < 1.29 is 19.4 Å². The number of methoxy groups -OCH3 is 1. The van der Waals surface area contributed by atoms with E-state index in [4.69, 9.17) is 4.74 Å². The Kier molecular flexibility index (Phi) is 5.08. The van der Waals surface area contributed by atoms with E-state index in [2.05, 4.69) is 5.32 Å². The Morgan fingerprint density at radius 2 is 2.00 bits per heavy atom. The molecule has 1 saturated heterocycles. The van der Waals surface area contributed by atoms with Crippen molar-refractivity contribution in [3.63, 3.8) is 0 Å². The fraction of sp³-hybridized carbons (Fsp3) is 0.867. The molecule has 21 heavy (non-hydrogen) atoms. The second kappa shape index (κ2) is 6.64. The second-order valence-electron chi connectivity index (χ2n) is 6.19. The van der Waals surface area contributed by atoms with Gasteiger partial charge in [-0.05, 0) is 38.5 Å². The number of nitrogens with one attached hydrogen (secondary N) is 1. The SMILES string of the molecule is CCC1(C(=O)O)CCN(C(=O)NC2CCCC2OC)CC1. The van der Waals surface area contributed by atoms with Gasteiger partial charge in [0.2, 0.25) is 0 Å². The van der Waals surface area contributed by atoms with Gasteiger partial charge in [0, 0.05) is 20.2 Å². The van der Waals surface area contributed by atoms with E-state index in [0.29, 0.717) is 32.4 Å². The van der Waals surface area contributed by atoms with Gasteiger partial charge < -0.3 is 20.1 Å². The van der Waals surface area contributed by atoms with Crippen LogP contribution in [0.25, 0.3) is 0 Å². The Morgan fingerprint density at radius 3 is 2.52 bits per heavy atom. The third kappa shape index (κ3) is 3.31. The van der Waals surface area contributed by atoms with Crippen LogP contribution < -0.4 is 5.32 Å². The van der Waals surface area contributed by atoms with Crippen molar-refractivity contribution in [3.05, 3.63) is 0 Å². The highest BCUT2D eigenvalue weighted by Crippen LogP contribution is 2.35. The summed E-state index contributed by atoms with van der Waals surface area (Å²) < 4.78 is 5.38. The molecule has 2 aliphatic rings. The first kappa shape index (κ1) is 16.1. The quantitative estimate of drug-likeness (QED) is 0.830. The minimum absolute atomic E-state index is 0.0832. The number of carboxylic acids is 1. The molecule has 0 bridgehead atoms. The molecule has 2 atom stereocenters. The monoisotopic (exact) mass is 298 g/mol. The zero-order chi connectivity index (χ0) is 15.5. The number of hydrogen-bond acceptors (Lipinski definition) is 3. The molecular weight excluding hydrogens is 272 g/mol. The topological polar surface area (TPSA) is 78.9 Å². The van der Waals surface area contributed by atoms with Gasteiger partial charge in [-0.1, -0.05) is 6.92 Å². The lowest BCUT2D eigenvalue weighted by atomic mass is 9.76. The number of ether oxygens (including phenoxy) is 1. The average Bonchev–Trinajstić information content (AvgIpc) is 2.94. The third-order valence-corrected chi connectivity index (χ3v) is 5.20. The number of carbonyl (C=O) groups excluding carboxylic acids is 1. The Labute approximate surface area is 125 Å². The van der Waals surface area contributed by atoms with E-state index in [-0.39, 0.29) is 18.2 Å². The van der Waals surface area contributed by atoms with E-state index in [1.54, 1.807) is 12.0 Å². The molecule has 6 nitrogen and oxygen atoms in total. The van der Waals surface area contributed by atoms with Crippen LogP contribution in [0.1, 0.15) is 45.4 Å². The van der Waals surface area contributed by atoms with Crippen LogP contribution in [0, 0.1) is 5.41 Å². The zero-order valence-corrected chi connectivity index (χ0v) is 12.9. The number of hydrogen-bond donors (Lipinski definition) is 2. The molecule has 2 rings (SSSR count). The molecule has 2 unspecified atom stereocenters. The van der Waals surface area contributed by atoms with Crippen LogP contribution in [0.4, 0.5) is 4.79 Å². The van der Waals surface area contributed by atoms with Crippen LogP contribution in [-0.2, 0) is 9.53 Å². The van der Waals surface area contributed by atoms with Gasteiger partial charge >= 0.3 is 12.0 Å². The molecule has 0 spiro atoms. The first-order chi connectivity index (χ1) is 10.0. The first-order valence-corrected chi connectivity index (χ1v) is 7.84. The number of amides is 2. The van der Waals surface area contributed by atoms with Gasteiger partial charge in [-0.2, -0.15) is 0 Å². The lowest BCUT2D eigenvalue weighted by Crippen LogP contribution is -2.52. The van der Waals surface area contributed by atoms with Crippen LogP contribution in [0.3, 0.4) is 0 Å². The molecule has 1 heterocycles. The molecule has 2 fully saturated rings. The van der Waals surface area contributed by atoms with Crippen molar-refractivity contribution >= 4 is 12.0 Å². The molecule has 1 saturated carbocycles. The van der Waals surface area contributed by atoms with Crippen molar-refractivity contribution in [2.24, 2.45) is 5.41 Å². The summed E-state index contributed by atoms with van der Waals surface area (Å²) in [6.45, 7) is 2.93. The number of carboxylic acid groups (broad SMARTS) is 1. The molecule has 0 aromatic heterocycles. The Bertz CT molecular complexity index is 391. The minimum Gasteiger partial charge on any atom is -0.481 e. The van der Waals surface area contributed by atoms with Gasteiger partial charge in [-0.25, -0.2) is 4.79 Å². The van der Waals surface area contributed by atoms with Gasteiger partial charge in [0.05, 0.1) is 17.6 Å². The standard InChI is InChI=1S/C15H26N2O4/c1-3-15(13(18)19)7-9-17(10-8-15)14(20)16-11-5-4-6-12(11)21-2/h11-12H,3-10H2,1-2H3,(H,16,20)(H,18,19). The van der Waals surface area contributed by atoms with Crippen LogP contribution in [0.2, 0.25) is 0 Å². The van der Waals surface area contributed by atoms with Crippen molar-refractivity contribution in [1.29, 1.82) is 0 Å². The van der Waals surface area contributed by atoms with Crippen molar-refractivity contribution in [1.82, 2.24) is 10.2 Å². The lowest BCUT2D eigenvalue weighted by molar-refractivity contribution is -0.151. The van der Waals surface area contributed by atoms with Gasteiger partial charge in [-0.15, -0.1) is 0 Å². The molecular formula is C15H26N2O4. The summed E-state index contributed by atoms with van der Waals surface area (Å²) in [4.78, 5) is 25.4. The van der Waals surface area contributed by atoms with Crippen molar-refractivity contribution in [2.45, 2.75) is 57.6 Å². The molecule has 0 radical (unpaired) electrons. The van der Waals surface area contributed by atoms with Gasteiger partial charge in [0.25, 0.3) is 0 Å². The van der Waals surface area contributed by atoms with Crippen LogP contribution in [-0.4, -0.2) is 54.4 Å². The number of nitrogens with zero attached hydrogens (tertiary/aromatic N) is 1. The summed E-state index contributed by atoms with van der Waals surface area (Å²) in [5.74, 6) is -0.736. The van der Waals surface area contributed by atoms with Crippen molar-refractivity contribution in [3.8, 4) is 0 Å². The average molecular weight is 298 g/mol. The summed E-state index contributed by atoms with van der Waals surface area (Å²) in [5, 5.41) is 12.4. The first-order valence-electron chi connectivity index (χ1n) is 7.84. The maximum absolute atomic E-state index is 12.3. The number of urea groups is 1. The Hall–Kier alpha value is -1.30. The third-order valence-electron chi connectivity index (χ3n) is 5.20. The normalized spacial score (nSPS) is 28.4. The molecule has 1 aliphatic carbocycles. The van der Waals surface area contributed by atoms with E-state index < -0.39 is 11.4 Å². The smallest absolute Gasteiger partial charge is 0.317 e. The fourth-order valence-corrected chi connectivity index (χ4v) is 3.48. The van der Waals surface area contributed by atoms with E-state index in [1.807, 2.05) is 6.92 Å². The van der Waals surface area contributed by atoms with Crippen LogP contribution in [0.15, 0.2) is 0 Å². The van der Waals surface area contributed by atoms with Crippen molar-refractivity contribution in [2.75, 3.05) is 20.2 Å². The lowest BCUT2D eigenvalue weighted by Gasteiger charge is -2.38. The summed E-state index contributed by atoms with van der Waals surface area (Å²) in [5.41, 5.74) is -0.654. The Balaban J connectivity index is 1.87. The zero-order valence-electron chi connectivity index (χ0n) is 12.9. The molecule has 1 aliphatic heterocycles. The van der Waals surface area contributed by atoms with Crippen LogP contribution in [0.5, 0.6) is 0 Å². The number of aliphatic carboxylic acids is 1. The van der Waals surface area contributed by atoms with E-state index in [9.17, 15) is 14.7 Å². The van der Waals surface area contributed by atoms with E-state index in [1.165, 1.54) is 0 Å². The van der Waals surface area contributed by atoms with Gasteiger partial charge in [-0.3, -0.25) is 4.79 Å². The number of likely N-dealkylation sites (tertiary alicyclic amines) is 1. The Morgan fingerprint density at radius 1 is 1.33 bits per heavy atom. The number of piperidine rings is 1. The molecule has 2 N–H and O–H groups in total. The fourth-order valence-electron chi connectivity index (χ4n) is 3.48. The second-order valence-corrected chi connectivity index (χ2v) is 6.19. The molecule has 2 amide bonds. The maximum atomic E-state index is 12.3. The maximum Gasteiger partial charge on any atom is 0.317 e. The molecule has 120 valence electrons. The molecule has 0 aromatic carbocycles. The highest BCUT2D eigenvalue weighted by molar-refractivity contribution is 5.77. The van der Waals surface area contributed by atoms with Crippen LogP contribution >= 0.6 is 0 Å². The predicted molar refractivity (Wildman–Crippen MR) is 78.1 cm³/mol. The van der Waals surface area contributed by atoms with Gasteiger partial charge in [0.15, 0.2) is 0 Å². The number of rotatable bonds is 4. The van der Waals surface area contributed by atoms with E-state index in [0.717, 1.165) is 19.3 Å².